The fourth-order valence-corrected chi connectivity index (χ4v) is 1.51. The van der Waals surface area contributed by atoms with Crippen LogP contribution in [0.5, 0.6) is 0 Å². The van der Waals surface area contributed by atoms with E-state index in [1.54, 1.807) is 10.9 Å². The van der Waals surface area contributed by atoms with E-state index in [4.69, 9.17) is 0 Å². The van der Waals surface area contributed by atoms with Gasteiger partial charge in [-0.3, -0.25) is 0 Å². The van der Waals surface area contributed by atoms with Crippen LogP contribution < -0.4 is 0 Å². The van der Waals surface area contributed by atoms with Crippen LogP contribution in [0, 0.1) is 0 Å². The Morgan fingerprint density at radius 1 is 1.29 bits per heavy atom. The van der Waals surface area contributed by atoms with E-state index in [9.17, 15) is 18.0 Å². The summed E-state index contributed by atoms with van der Waals surface area (Å²) in [5, 5.41) is 4.08. The van der Waals surface area contributed by atoms with Gasteiger partial charge in [0.25, 0.3) is 0 Å². The van der Waals surface area contributed by atoms with Gasteiger partial charge in [0, 0.05) is 17.8 Å². The maximum Gasteiger partial charge on any atom is 0.422 e. The summed E-state index contributed by atoms with van der Waals surface area (Å²) in [6.07, 6.45) is 0.869. The van der Waals surface area contributed by atoms with Crippen molar-refractivity contribution in [2.24, 2.45) is 0 Å². The lowest BCUT2D eigenvalue weighted by atomic mass is 10.3. The minimum absolute atomic E-state index is 0.572. The van der Waals surface area contributed by atoms with Crippen LogP contribution in [0.3, 0.4) is 0 Å². The second kappa shape index (κ2) is 6.25. The van der Waals surface area contributed by atoms with Gasteiger partial charge in [-0.2, -0.15) is 18.3 Å². The molecular weight excluding hydrogens is 285 g/mol. The molecule has 0 amide bonds. The predicted molar refractivity (Wildman–Crippen MR) is 69.6 cm³/mol. The highest BCUT2D eigenvalue weighted by Gasteiger charge is 2.29. The van der Waals surface area contributed by atoms with Gasteiger partial charge < -0.3 is 4.74 Å². The van der Waals surface area contributed by atoms with Crippen molar-refractivity contribution in [1.29, 1.82) is 0 Å². The minimum Gasteiger partial charge on any atom is -0.453 e. The van der Waals surface area contributed by atoms with E-state index in [0.717, 1.165) is 11.8 Å². The smallest absolute Gasteiger partial charge is 0.422 e. The molecule has 0 aliphatic heterocycles. The molecule has 0 radical (unpaired) electrons. The third kappa shape index (κ3) is 4.79. The second-order valence-corrected chi connectivity index (χ2v) is 4.11. The number of ether oxygens (including phenoxy) is 1. The Hall–Kier alpha value is -2.57. The summed E-state index contributed by atoms with van der Waals surface area (Å²) in [6.45, 7) is -1.60. The standard InChI is InChI=1S/C14H11F3N2O2/c15-14(16,17)10-21-13(20)7-6-11-8-18-19(9-11)12-4-2-1-3-5-12/h1-9H,10H2/b7-6+. The Kier molecular flexibility index (Phi) is 4.42. The Bertz CT molecular complexity index is 633. The van der Waals surface area contributed by atoms with Gasteiger partial charge in [-0.25, -0.2) is 9.48 Å². The van der Waals surface area contributed by atoms with Crippen LogP contribution in [-0.2, 0) is 9.53 Å². The molecular formula is C14H11F3N2O2. The van der Waals surface area contributed by atoms with Crippen LogP contribution in [-0.4, -0.2) is 28.5 Å². The molecule has 0 spiro atoms. The maximum atomic E-state index is 11.9. The lowest BCUT2D eigenvalue weighted by Gasteiger charge is -2.04. The summed E-state index contributed by atoms with van der Waals surface area (Å²) in [5.74, 6) is -1.06. The van der Waals surface area contributed by atoms with Crippen LogP contribution in [0.4, 0.5) is 13.2 Å². The molecule has 4 nitrogen and oxygen atoms in total. The van der Waals surface area contributed by atoms with Gasteiger partial charge in [0.1, 0.15) is 0 Å². The van der Waals surface area contributed by atoms with Crippen molar-refractivity contribution in [2.45, 2.75) is 6.18 Å². The Balaban J connectivity index is 1.96. The first-order chi connectivity index (χ1) is 9.94. The third-order valence-electron chi connectivity index (χ3n) is 2.41. The highest BCUT2D eigenvalue weighted by atomic mass is 19.4. The minimum atomic E-state index is -4.53. The molecule has 7 heteroatoms. The topological polar surface area (TPSA) is 44.1 Å². The first-order valence-corrected chi connectivity index (χ1v) is 5.96. The van der Waals surface area contributed by atoms with Crippen molar-refractivity contribution in [2.75, 3.05) is 6.61 Å². The lowest BCUT2D eigenvalue weighted by Crippen LogP contribution is -2.19. The second-order valence-electron chi connectivity index (χ2n) is 4.11. The Labute approximate surface area is 118 Å². The zero-order valence-corrected chi connectivity index (χ0v) is 10.7. The molecule has 0 atom stereocenters. The van der Waals surface area contributed by atoms with Crippen LogP contribution in [0.2, 0.25) is 0 Å². The van der Waals surface area contributed by atoms with Gasteiger partial charge in [-0.15, -0.1) is 0 Å². The van der Waals surface area contributed by atoms with E-state index >= 15 is 0 Å². The molecule has 2 rings (SSSR count). The quantitative estimate of drug-likeness (QED) is 0.643. The SMILES string of the molecule is O=C(/C=C/c1cnn(-c2ccccc2)c1)OCC(F)(F)F. The molecule has 0 fully saturated rings. The number of hydrogen-bond donors (Lipinski definition) is 0. The molecule has 0 saturated carbocycles. The fraction of sp³-hybridized carbons (Fsp3) is 0.143. The van der Waals surface area contributed by atoms with Gasteiger partial charge in [-0.05, 0) is 18.2 Å². The number of aromatic nitrogens is 2. The third-order valence-corrected chi connectivity index (χ3v) is 2.41. The number of halogens is 3. The zero-order chi connectivity index (χ0) is 15.3. The Morgan fingerprint density at radius 2 is 2.00 bits per heavy atom. The highest BCUT2D eigenvalue weighted by molar-refractivity contribution is 5.86. The average molecular weight is 296 g/mol. The summed E-state index contributed by atoms with van der Waals surface area (Å²) >= 11 is 0. The summed E-state index contributed by atoms with van der Waals surface area (Å²) in [7, 11) is 0. The van der Waals surface area contributed by atoms with E-state index in [1.165, 1.54) is 12.3 Å². The molecule has 110 valence electrons. The number of para-hydroxylation sites is 1. The van der Waals surface area contributed by atoms with Gasteiger partial charge in [0.15, 0.2) is 6.61 Å². The predicted octanol–water partition coefficient (Wildman–Crippen LogP) is 2.99. The fourth-order valence-electron chi connectivity index (χ4n) is 1.51. The van der Waals surface area contributed by atoms with Crippen LogP contribution in [0.25, 0.3) is 11.8 Å². The largest absolute Gasteiger partial charge is 0.453 e. The highest BCUT2D eigenvalue weighted by Crippen LogP contribution is 2.14. The van der Waals surface area contributed by atoms with Crippen molar-refractivity contribution in [3.8, 4) is 5.69 Å². The number of nitrogens with zero attached hydrogens (tertiary/aromatic N) is 2. The van der Waals surface area contributed by atoms with E-state index in [1.807, 2.05) is 30.3 Å². The molecule has 2 aromatic rings. The van der Waals surface area contributed by atoms with E-state index < -0.39 is 18.8 Å². The molecule has 0 bridgehead atoms. The average Bonchev–Trinajstić information content (AvgIpc) is 2.92. The molecule has 21 heavy (non-hydrogen) atoms. The first kappa shape index (κ1) is 14.8. The lowest BCUT2D eigenvalue weighted by molar-refractivity contribution is -0.182. The molecule has 1 aromatic carbocycles. The van der Waals surface area contributed by atoms with Crippen molar-refractivity contribution < 1.29 is 22.7 Å². The normalized spacial score (nSPS) is 11.8. The summed E-state index contributed by atoms with van der Waals surface area (Å²) < 4.78 is 41.2. The molecule has 0 saturated heterocycles. The number of esters is 1. The molecule has 0 aliphatic rings. The molecule has 1 aromatic heterocycles. The molecule has 0 unspecified atom stereocenters. The van der Waals surface area contributed by atoms with Crippen molar-refractivity contribution in [3.63, 3.8) is 0 Å². The zero-order valence-electron chi connectivity index (χ0n) is 10.7. The van der Waals surface area contributed by atoms with Crippen LogP contribution in [0.1, 0.15) is 5.56 Å². The monoisotopic (exact) mass is 296 g/mol. The van der Waals surface area contributed by atoms with Crippen molar-refractivity contribution >= 4 is 12.0 Å². The number of hydrogen-bond acceptors (Lipinski definition) is 3. The summed E-state index contributed by atoms with van der Waals surface area (Å²) in [4.78, 5) is 11.1. The summed E-state index contributed by atoms with van der Waals surface area (Å²) in [5.41, 5.74) is 1.40. The summed E-state index contributed by atoms with van der Waals surface area (Å²) in [6, 6.07) is 9.25. The van der Waals surface area contributed by atoms with Crippen molar-refractivity contribution in [1.82, 2.24) is 9.78 Å². The Morgan fingerprint density at radius 3 is 2.67 bits per heavy atom. The van der Waals surface area contributed by atoms with E-state index in [0.29, 0.717) is 5.56 Å². The van der Waals surface area contributed by atoms with E-state index in [2.05, 4.69) is 9.84 Å². The molecule has 1 heterocycles. The van der Waals surface area contributed by atoms with Gasteiger partial charge >= 0.3 is 12.1 Å². The number of carbonyl (C=O) groups excluding carboxylic acids is 1. The number of benzene rings is 1. The van der Waals surface area contributed by atoms with Gasteiger partial charge in [-0.1, -0.05) is 18.2 Å². The number of carbonyl (C=O) groups is 1. The number of alkyl halides is 3. The van der Waals surface area contributed by atoms with Crippen LogP contribution >= 0.6 is 0 Å². The maximum absolute atomic E-state index is 11.9. The van der Waals surface area contributed by atoms with Crippen molar-refractivity contribution in [3.05, 3.63) is 54.4 Å². The first-order valence-electron chi connectivity index (χ1n) is 5.96. The van der Waals surface area contributed by atoms with Crippen LogP contribution in [0.15, 0.2) is 48.8 Å². The molecule has 0 N–H and O–H groups in total. The number of rotatable bonds is 4. The van der Waals surface area contributed by atoms with Gasteiger partial charge in [0.2, 0.25) is 0 Å². The van der Waals surface area contributed by atoms with E-state index in [-0.39, 0.29) is 0 Å². The van der Waals surface area contributed by atoms with Gasteiger partial charge in [0.05, 0.1) is 11.9 Å². The molecule has 0 aliphatic carbocycles.